The molecule has 2 aromatic heterocycles. The molecule has 1 saturated heterocycles. The number of halogens is 3. The van der Waals surface area contributed by atoms with Crippen molar-refractivity contribution in [2.24, 2.45) is 0 Å². The molecule has 0 N–H and O–H groups in total. The molecular formula is C14H15F3N4O. The molecule has 1 atom stereocenters. The number of pyridine rings is 1. The second-order valence-corrected chi connectivity index (χ2v) is 5.31. The third-order valence-electron chi connectivity index (χ3n) is 3.66. The Morgan fingerprint density at radius 1 is 1.27 bits per heavy atom. The van der Waals surface area contributed by atoms with Crippen molar-refractivity contribution >= 4 is 0 Å². The Morgan fingerprint density at radius 3 is 2.77 bits per heavy atom. The molecular weight excluding hydrogens is 297 g/mol. The van der Waals surface area contributed by atoms with Crippen molar-refractivity contribution in [3.8, 4) is 0 Å². The number of hydrogen-bond donors (Lipinski definition) is 0. The minimum Gasteiger partial charge on any atom is -0.338 e. The maximum Gasteiger partial charge on any atom is 0.396 e. The van der Waals surface area contributed by atoms with Gasteiger partial charge in [-0.3, -0.25) is 9.88 Å². The Morgan fingerprint density at radius 2 is 2.05 bits per heavy atom. The van der Waals surface area contributed by atoms with E-state index in [0.717, 1.165) is 24.9 Å². The van der Waals surface area contributed by atoms with Gasteiger partial charge in [0.05, 0.1) is 6.54 Å². The summed E-state index contributed by atoms with van der Waals surface area (Å²) in [6.45, 7) is 1.21. The molecule has 5 nitrogen and oxygen atoms in total. The summed E-state index contributed by atoms with van der Waals surface area (Å²) in [5.41, 5.74) is 1.14. The molecule has 0 amide bonds. The van der Waals surface area contributed by atoms with Gasteiger partial charge in [-0.05, 0) is 37.1 Å². The summed E-state index contributed by atoms with van der Waals surface area (Å²) in [4.78, 5) is 9.97. The second-order valence-electron chi connectivity index (χ2n) is 5.31. The standard InChI is InChI=1S/C14H15F3N4O/c15-14(16,17)8-12-19-13(22-20-12)9-21-7-1-2-11(21)10-3-5-18-6-4-10/h3-6,11H,1-2,7-9H2. The monoisotopic (exact) mass is 312 g/mol. The van der Waals surface area contributed by atoms with Crippen molar-refractivity contribution in [1.29, 1.82) is 0 Å². The van der Waals surface area contributed by atoms with Crippen molar-refractivity contribution < 1.29 is 17.7 Å². The van der Waals surface area contributed by atoms with Crippen LogP contribution < -0.4 is 0 Å². The van der Waals surface area contributed by atoms with Gasteiger partial charge < -0.3 is 4.52 Å². The lowest BCUT2D eigenvalue weighted by Crippen LogP contribution is -2.23. The summed E-state index contributed by atoms with van der Waals surface area (Å²) in [6, 6.07) is 4.11. The average molecular weight is 312 g/mol. The number of nitrogens with zero attached hydrogens (tertiary/aromatic N) is 4. The van der Waals surface area contributed by atoms with Crippen LogP contribution in [-0.2, 0) is 13.0 Å². The molecule has 1 aliphatic heterocycles. The van der Waals surface area contributed by atoms with Crippen LogP contribution in [0.1, 0.15) is 36.2 Å². The van der Waals surface area contributed by atoms with Gasteiger partial charge in [-0.25, -0.2) is 0 Å². The van der Waals surface area contributed by atoms with E-state index >= 15 is 0 Å². The summed E-state index contributed by atoms with van der Waals surface area (Å²) >= 11 is 0. The fraction of sp³-hybridized carbons (Fsp3) is 0.500. The maximum absolute atomic E-state index is 12.3. The topological polar surface area (TPSA) is 55.1 Å². The lowest BCUT2D eigenvalue weighted by molar-refractivity contribution is -0.128. The van der Waals surface area contributed by atoms with Crippen LogP contribution in [0, 0.1) is 0 Å². The Kier molecular flexibility index (Phi) is 4.10. The van der Waals surface area contributed by atoms with Gasteiger partial charge in [0.2, 0.25) is 5.89 Å². The Labute approximate surface area is 125 Å². The molecule has 3 rings (SSSR count). The zero-order valence-corrected chi connectivity index (χ0v) is 11.8. The van der Waals surface area contributed by atoms with Crippen molar-refractivity contribution in [1.82, 2.24) is 20.0 Å². The van der Waals surface area contributed by atoms with E-state index < -0.39 is 12.6 Å². The third kappa shape index (κ3) is 3.62. The summed E-state index contributed by atoms with van der Waals surface area (Å²) in [6.07, 6.45) is 0.00265. The van der Waals surface area contributed by atoms with Crippen molar-refractivity contribution in [3.63, 3.8) is 0 Å². The first-order chi connectivity index (χ1) is 10.5. The highest BCUT2D eigenvalue weighted by Gasteiger charge is 2.31. The molecule has 1 unspecified atom stereocenters. The largest absolute Gasteiger partial charge is 0.396 e. The molecule has 0 saturated carbocycles. The Bertz CT molecular complexity index is 614. The average Bonchev–Trinajstić information content (AvgIpc) is 3.08. The quantitative estimate of drug-likeness (QED) is 0.869. The Balaban J connectivity index is 1.67. The van der Waals surface area contributed by atoms with E-state index in [4.69, 9.17) is 4.52 Å². The highest BCUT2D eigenvalue weighted by Crippen LogP contribution is 2.32. The number of rotatable bonds is 4. The second kappa shape index (κ2) is 6.04. The normalized spacial score (nSPS) is 19.7. The SMILES string of the molecule is FC(F)(F)Cc1noc(CN2CCCC2c2ccncc2)n1. The minimum absolute atomic E-state index is 0.209. The van der Waals surface area contributed by atoms with Crippen LogP contribution in [0.25, 0.3) is 0 Å². The van der Waals surface area contributed by atoms with E-state index in [1.165, 1.54) is 0 Å². The maximum atomic E-state index is 12.3. The molecule has 22 heavy (non-hydrogen) atoms. The van der Waals surface area contributed by atoms with E-state index in [2.05, 4.69) is 20.0 Å². The first-order valence-corrected chi connectivity index (χ1v) is 7.03. The van der Waals surface area contributed by atoms with Crippen LogP contribution in [-0.4, -0.2) is 32.7 Å². The van der Waals surface area contributed by atoms with Gasteiger partial charge in [0.25, 0.3) is 0 Å². The van der Waals surface area contributed by atoms with Gasteiger partial charge in [0.15, 0.2) is 5.82 Å². The van der Waals surface area contributed by atoms with Crippen LogP contribution in [0.3, 0.4) is 0 Å². The Hall–Kier alpha value is -1.96. The summed E-state index contributed by atoms with van der Waals surface area (Å²) in [7, 11) is 0. The van der Waals surface area contributed by atoms with Crippen LogP contribution in [0.5, 0.6) is 0 Å². The van der Waals surface area contributed by atoms with E-state index in [1.807, 2.05) is 12.1 Å². The third-order valence-corrected chi connectivity index (χ3v) is 3.66. The predicted octanol–water partition coefficient (Wildman–Crippen LogP) is 2.91. The number of hydrogen-bond acceptors (Lipinski definition) is 5. The number of likely N-dealkylation sites (tertiary alicyclic amines) is 1. The summed E-state index contributed by atoms with van der Waals surface area (Å²) in [5.74, 6) is -0.0950. The molecule has 1 aliphatic rings. The van der Waals surface area contributed by atoms with Crippen molar-refractivity contribution in [2.45, 2.75) is 38.0 Å². The molecule has 0 bridgehead atoms. The van der Waals surface area contributed by atoms with Crippen molar-refractivity contribution in [3.05, 3.63) is 41.8 Å². The number of alkyl halides is 3. The van der Waals surface area contributed by atoms with Gasteiger partial charge in [0, 0.05) is 18.4 Å². The minimum atomic E-state index is -4.33. The molecule has 8 heteroatoms. The lowest BCUT2D eigenvalue weighted by atomic mass is 10.1. The highest BCUT2D eigenvalue weighted by molar-refractivity contribution is 5.16. The van der Waals surface area contributed by atoms with Gasteiger partial charge in [-0.15, -0.1) is 0 Å². The fourth-order valence-electron chi connectivity index (χ4n) is 2.76. The van der Waals surface area contributed by atoms with Crippen LogP contribution in [0.4, 0.5) is 13.2 Å². The predicted molar refractivity (Wildman–Crippen MR) is 70.7 cm³/mol. The summed E-state index contributed by atoms with van der Waals surface area (Å²) < 4.78 is 41.8. The van der Waals surface area contributed by atoms with Crippen molar-refractivity contribution in [2.75, 3.05) is 6.54 Å². The first kappa shape index (κ1) is 15.0. The van der Waals surface area contributed by atoms with E-state index in [-0.39, 0.29) is 17.8 Å². The smallest absolute Gasteiger partial charge is 0.338 e. The molecule has 118 valence electrons. The molecule has 0 aromatic carbocycles. The molecule has 0 spiro atoms. The molecule has 2 aromatic rings. The lowest BCUT2D eigenvalue weighted by Gasteiger charge is -2.22. The fourth-order valence-corrected chi connectivity index (χ4v) is 2.76. The first-order valence-electron chi connectivity index (χ1n) is 7.03. The van der Waals surface area contributed by atoms with Gasteiger partial charge >= 0.3 is 6.18 Å². The van der Waals surface area contributed by atoms with E-state index in [1.54, 1.807) is 12.4 Å². The van der Waals surface area contributed by atoms with Gasteiger partial charge in [-0.1, -0.05) is 5.16 Å². The molecule has 0 radical (unpaired) electrons. The molecule has 3 heterocycles. The summed E-state index contributed by atoms with van der Waals surface area (Å²) in [5, 5.41) is 3.40. The zero-order chi connectivity index (χ0) is 15.6. The zero-order valence-electron chi connectivity index (χ0n) is 11.8. The molecule has 1 fully saturated rings. The van der Waals surface area contributed by atoms with E-state index in [0.29, 0.717) is 6.54 Å². The highest BCUT2D eigenvalue weighted by atomic mass is 19.4. The molecule has 0 aliphatic carbocycles. The van der Waals surface area contributed by atoms with Crippen LogP contribution >= 0.6 is 0 Å². The van der Waals surface area contributed by atoms with E-state index in [9.17, 15) is 13.2 Å². The van der Waals surface area contributed by atoms with Crippen LogP contribution in [0.15, 0.2) is 29.0 Å². The van der Waals surface area contributed by atoms with Gasteiger partial charge in [0.1, 0.15) is 6.42 Å². The van der Waals surface area contributed by atoms with Crippen LogP contribution in [0.2, 0.25) is 0 Å². The number of aromatic nitrogens is 3. The van der Waals surface area contributed by atoms with Gasteiger partial charge in [-0.2, -0.15) is 18.2 Å².